The normalized spacial score (nSPS) is 19.8. The van der Waals surface area contributed by atoms with Gasteiger partial charge >= 0.3 is 0 Å². The molecule has 0 aliphatic carbocycles. The number of halogens is 1. The molecule has 0 N–H and O–H groups in total. The van der Waals surface area contributed by atoms with E-state index < -0.39 is 0 Å². The fourth-order valence-electron chi connectivity index (χ4n) is 2.16. The second-order valence-corrected chi connectivity index (χ2v) is 6.85. The van der Waals surface area contributed by atoms with Crippen LogP contribution in [0.25, 0.3) is 0 Å². The number of benzene rings is 1. The van der Waals surface area contributed by atoms with Gasteiger partial charge in [0, 0.05) is 4.83 Å². The summed E-state index contributed by atoms with van der Waals surface area (Å²) in [4.78, 5) is 0.534. The Kier molecular flexibility index (Phi) is 3.29. The van der Waals surface area contributed by atoms with E-state index in [1.165, 1.54) is 11.1 Å². The van der Waals surface area contributed by atoms with Crippen molar-refractivity contribution in [3.8, 4) is 5.75 Å². The Labute approximate surface area is 106 Å². The standard InChI is InChI=1S/C14H19BrO/c1-10(15)8-11-4-5-13-12(9-11)6-7-14(2,3)16-13/h4-5,9-10H,6-8H2,1-3H3. The fourth-order valence-corrected chi connectivity index (χ4v) is 2.54. The van der Waals surface area contributed by atoms with Gasteiger partial charge in [-0.3, -0.25) is 0 Å². The van der Waals surface area contributed by atoms with Gasteiger partial charge in [0.1, 0.15) is 11.4 Å². The van der Waals surface area contributed by atoms with Gasteiger partial charge in [-0.2, -0.15) is 0 Å². The zero-order chi connectivity index (χ0) is 11.8. The minimum atomic E-state index is -0.00275. The highest BCUT2D eigenvalue weighted by Crippen LogP contribution is 2.33. The van der Waals surface area contributed by atoms with Crippen LogP contribution >= 0.6 is 15.9 Å². The average molecular weight is 283 g/mol. The van der Waals surface area contributed by atoms with Crippen molar-refractivity contribution in [2.45, 2.75) is 50.5 Å². The maximum absolute atomic E-state index is 5.97. The van der Waals surface area contributed by atoms with Crippen molar-refractivity contribution < 1.29 is 4.74 Å². The SMILES string of the molecule is CC(Br)Cc1ccc2c(c1)CCC(C)(C)O2. The third kappa shape index (κ3) is 2.79. The van der Waals surface area contributed by atoms with Crippen LogP contribution in [0.4, 0.5) is 0 Å². The first kappa shape index (κ1) is 12.0. The summed E-state index contributed by atoms with van der Waals surface area (Å²) in [5.74, 6) is 1.07. The van der Waals surface area contributed by atoms with Crippen LogP contribution in [0.3, 0.4) is 0 Å². The van der Waals surface area contributed by atoms with Gasteiger partial charge in [0.2, 0.25) is 0 Å². The van der Waals surface area contributed by atoms with Gasteiger partial charge in [0.15, 0.2) is 0 Å². The van der Waals surface area contributed by atoms with E-state index in [9.17, 15) is 0 Å². The van der Waals surface area contributed by atoms with Crippen LogP contribution in [0.5, 0.6) is 5.75 Å². The second-order valence-electron chi connectivity index (χ2n) is 5.29. The van der Waals surface area contributed by atoms with Crippen LogP contribution in [-0.4, -0.2) is 10.4 Å². The van der Waals surface area contributed by atoms with Gasteiger partial charge in [0.05, 0.1) is 0 Å². The van der Waals surface area contributed by atoms with Crippen LogP contribution in [0.15, 0.2) is 18.2 Å². The summed E-state index contributed by atoms with van der Waals surface area (Å²) in [6, 6.07) is 6.60. The summed E-state index contributed by atoms with van der Waals surface area (Å²) in [6.07, 6.45) is 3.32. The van der Waals surface area contributed by atoms with Crippen LogP contribution in [0.1, 0.15) is 38.3 Å². The predicted molar refractivity (Wildman–Crippen MR) is 71.6 cm³/mol. The van der Waals surface area contributed by atoms with Crippen LogP contribution in [0, 0.1) is 0 Å². The summed E-state index contributed by atoms with van der Waals surface area (Å²) >= 11 is 3.59. The minimum Gasteiger partial charge on any atom is -0.488 e. The molecule has 1 aliphatic rings. The number of hydrogen-bond acceptors (Lipinski definition) is 1. The molecule has 2 rings (SSSR count). The first-order valence-electron chi connectivity index (χ1n) is 5.91. The molecule has 1 heterocycles. The molecule has 0 radical (unpaired) electrons. The summed E-state index contributed by atoms with van der Waals surface area (Å²) in [7, 11) is 0. The van der Waals surface area contributed by atoms with E-state index in [1.807, 2.05) is 0 Å². The Hall–Kier alpha value is -0.500. The molecule has 0 amide bonds. The monoisotopic (exact) mass is 282 g/mol. The largest absolute Gasteiger partial charge is 0.488 e. The van der Waals surface area contributed by atoms with Gasteiger partial charge in [-0.05, 0) is 50.3 Å². The number of hydrogen-bond donors (Lipinski definition) is 0. The molecule has 1 aliphatic heterocycles. The van der Waals surface area contributed by atoms with Crippen LogP contribution in [-0.2, 0) is 12.8 Å². The molecule has 0 spiro atoms. The van der Waals surface area contributed by atoms with Crippen molar-refractivity contribution >= 4 is 15.9 Å². The third-order valence-electron chi connectivity index (χ3n) is 3.02. The maximum Gasteiger partial charge on any atom is 0.123 e. The third-order valence-corrected chi connectivity index (χ3v) is 3.35. The lowest BCUT2D eigenvalue weighted by atomic mass is 9.93. The van der Waals surface area contributed by atoms with E-state index in [2.05, 4.69) is 54.9 Å². The Bertz CT molecular complexity index is 382. The van der Waals surface area contributed by atoms with Crippen molar-refractivity contribution in [1.82, 2.24) is 0 Å². The summed E-state index contributed by atoms with van der Waals surface area (Å²) < 4.78 is 5.97. The van der Waals surface area contributed by atoms with Crippen molar-refractivity contribution in [2.75, 3.05) is 0 Å². The number of fused-ring (bicyclic) bond motifs is 1. The van der Waals surface area contributed by atoms with Crippen molar-refractivity contribution in [1.29, 1.82) is 0 Å². The van der Waals surface area contributed by atoms with Crippen molar-refractivity contribution in [3.63, 3.8) is 0 Å². The van der Waals surface area contributed by atoms with E-state index in [1.54, 1.807) is 0 Å². The van der Waals surface area contributed by atoms with Gasteiger partial charge in [0.25, 0.3) is 0 Å². The average Bonchev–Trinajstić information content (AvgIpc) is 2.16. The van der Waals surface area contributed by atoms with E-state index in [0.29, 0.717) is 4.83 Å². The fraction of sp³-hybridized carbons (Fsp3) is 0.571. The molecule has 0 saturated heterocycles. The quantitative estimate of drug-likeness (QED) is 0.742. The first-order chi connectivity index (χ1) is 7.46. The number of aryl methyl sites for hydroxylation is 1. The molecule has 0 fully saturated rings. The van der Waals surface area contributed by atoms with Gasteiger partial charge in [-0.1, -0.05) is 35.0 Å². The summed E-state index contributed by atoms with van der Waals surface area (Å²) in [6.45, 7) is 6.49. The molecule has 1 atom stereocenters. The molecular weight excluding hydrogens is 264 g/mol. The Balaban J connectivity index is 2.21. The molecule has 88 valence electrons. The topological polar surface area (TPSA) is 9.23 Å². The molecule has 1 aromatic rings. The molecule has 1 aromatic carbocycles. The zero-order valence-corrected chi connectivity index (χ0v) is 11.8. The van der Waals surface area contributed by atoms with Crippen LogP contribution < -0.4 is 4.74 Å². The van der Waals surface area contributed by atoms with Gasteiger partial charge in [-0.25, -0.2) is 0 Å². The van der Waals surface area contributed by atoms with Crippen molar-refractivity contribution in [2.24, 2.45) is 0 Å². The molecule has 0 bridgehead atoms. The lowest BCUT2D eigenvalue weighted by molar-refractivity contribution is 0.0846. The maximum atomic E-state index is 5.97. The zero-order valence-electron chi connectivity index (χ0n) is 10.2. The highest BCUT2D eigenvalue weighted by Gasteiger charge is 2.26. The van der Waals surface area contributed by atoms with E-state index in [0.717, 1.165) is 25.0 Å². The molecule has 0 aromatic heterocycles. The Morgan fingerprint density at radius 2 is 2.19 bits per heavy atom. The predicted octanol–water partition coefficient (Wildman–Crippen LogP) is 4.12. The molecule has 0 saturated carbocycles. The molecule has 1 unspecified atom stereocenters. The van der Waals surface area contributed by atoms with Crippen LogP contribution in [0.2, 0.25) is 0 Å². The summed E-state index contributed by atoms with van der Waals surface area (Å²) in [5, 5.41) is 0. The minimum absolute atomic E-state index is 0.00275. The number of ether oxygens (including phenoxy) is 1. The number of rotatable bonds is 2. The molecule has 16 heavy (non-hydrogen) atoms. The smallest absolute Gasteiger partial charge is 0.123 e. The Morgan fingerprint density at radius 3 is 2.88 bits per heavy atom. The first-order valence-corrected chi connectivity index (χ1v) is 6.83. The van der Waals surface area contributed by atoms with E-state index >= 15 is 0 Å². The van der Waals surface area contributed by atoms with Crippen molar-refractivity contribution in [3.05, 3.63) is 29.3 Å². The Morgan fingerprint density at radius 1 is 1.44 bits per heavy atom. The highest BCUT2D eigenvalue weighted by atomic mass is 79.9. The van der Waals surface area contributed by atoms with Gasteiger partial charge < -0.3 is 4.74 Å². The highest BCUT2D eigenvalue weighted by molar-refractivity contribution is 9.09. The molecular formula is C14H19BrO. The van der Waals surface area contributed by atoms with E-state index in [4.69, 9.17) is 4.74 Å². The van der Waals surface area contributed by atoms with Gasteiger partial charge in [-0.15, -0.1) is 0 Å². The lowest BCUT2D eigenvalue weighted by Crippen LogP contribution is -2.32. The number of alkyl halides is 1. The lowest BCUT2D eigenvalue weighted by Gasteiger charge is -2.32. The van der Waals surface area contributed by atoms with E-state index in [-0.39, 0.29) is 5.60 Å². The molecule has 2 heteroatoms. The summed E-state index contributed by atoms with van der Waals surface area (Å²) in [5.41, 5.74) is 2.76. The molecule has 1 nitrogen and oxygen atoms in total. The second kappa shape index (κ2) is 4.40.